The van der Waals surface area contributed by atoms with Gasteiger partial charge in [-0.05, 0) is 63.0 Å². The molecule has 3 fully saturated rings. The first-order valence-electron chi connectivity index (χ1n) is 9.26. The van der Waals surface area contributed by atoms with Crippen molar-refractivity contribution in [2.24, 2.45) is 16.7 Å². The molecule has 1 aliphatic heterocycles. The molecule has 4 nitrogen and oxygen atoms in total. The predicted molar refractivity (Wildman–Crippen MR) is 89.3 cm³/mol. The molecule has 1 aromatic heterocycles. The average Bonchev–Trinajstić information content (AvgIpc) is 3.06. The maximum Gasteiger partial charge on any atom is 0.316 e. The molecular formula is C20H28O4. The molecule has 5 unspecified atom stereocenters. The number of hydrogen-bond donors (Lipinski definition) is 1. The molecule has 2 saturated carbocycles. The second-order valence-electron chi connectivity index (χ2n) is 8.73. The molecule has 2 heterocycles. The molecule has 0 radical (unpaired) electrons. The molecule has 0 bridgehead atoms. The van der Waals surface area contributed by atoms with Crippen molar-refractivity contribution in [3.05, 3.63) is 24.2 Å². The normalized spacial score (nSPS) is 47.3. The molecule has 2 aliphatic carbocycles. The minimum absolute atomic E-state index is 0.0693. The standard InChI is InChI=1S/C20H28O4/c1-14-5-11-20-17(2,16(21)24-20)8-4-9-18(20,3)19(14,22)10-6-15-7-12-23-13-15/h7,12-14,22H,4-6,8-11H2,1-3H3. The van der Waals surface area contributed by atoms with Gasteiger partial charge in [-0.25, -0.2) is 0 Å². The van der Waals surface area contributed by atoms with Crippen LogP contribution in [0.4, 0.5) is 0 Å². The van der Waals surface area contributed by atoms with E-state index in [2.05, 4.69) is 20.8 Å². The van der Waals surface area contributed by atoms with Gasteiger partial charge in [0.2, 0.25) is 0 Å². The van der Waals surface area contributed by atoms with Crippen LogP contribution in [0.15, 0.2) is 23.0 Å². The highest BCUT2D eigenvalue weighted by atomic mass is 16.6. The highest BCUT2D eigenvalue weighted by Crippen LogP contribution is 2.71. The Morgan fingerprint density at radius 2 is 2.08 bits per heavy atom. The predicted octanol–water partition coefficient (Wildman–Crippen LogP) is 3.87. The Labute approximate surface area is 143 Å². The van der Waals surface area contributed by atoms with E-state index in [9.17, 15) is 9.90 Å². The van der Waals surface area contributed by atoms with Crippen molar-refractivity contribution in [1.82, 2.24) is 0 Å². The number of aliphatic hydroxyl groups is 1. The molecule has 1 saturated heterocycles. The molecule has 3 aliphatic rings. The van der Waals surface area contributed by atoms with E-state index < -0.39 is 16.6 Å². The van der Waals surface area contributed by atoms with Crippen LogP contribution < -0.4 is 0 Å². The summed E-state index contributed by atoms with van der Waals surface area (Å²) in [6, 6.07) is 1.96. The molecule has 1 N–H and O–H groups in total. The fourth-order valence-corrected chi connectivity index (χ4v) is 6.19. The third-order valence-corrected chi connectivity index (χ3v) is 7.93. The maximum atomic E-state index is 12.3. The zero-order valence-corrected chi connectivity index (χ0v) is 14.9. The summed E-state index contributed by atoms with van der Waals surface area (Å²) in [6.45, 7) is 6.38. The largest absolute Gasteiger partial charge is 0.472 e. The van der Waals surface area contributed by atoms with E-state index in [1.54, 1.807) is 12.5 Å². The molecule has 0 aromatic carbocycles. The monoisotopic (exact) mass is 332 g/mol. The highest BCUT2D eigenvalue weighted by molar-refractivity contribution is 5.85. The van der Waals surface area contributed by atoms with Gasteiger partial charge in [-0.2, -0.15) is 0 Å². The van der Waals surface area contributed by atoms with Crippen LogP contribution in [0.1, 0.15) is 64.9 Å². The van der Waals surface area contributed by atoms with E-state index in [1.165, 1.54) is 0 Å². The van der Waals surface area contributed by atoms with Crippen molar-refractivity contribution in [1.29, 1.82) is 0 Å². The molecule has 1 spiro atoms. The average molecular weight is 332 g/mol. The summed E-state index contributed by atoms with van der Waals surface area (Å²) >= 11 is 0. The molecule has 5 atom stereocenters. The third kappa shape index (κ3) is 1.66. The van der Waals surface area contributed by atoms with Crippen LogP contribution >= 0.6 is 0 Å². The Hall–Kier alpha value is -1.29. The lowest BCUT2D eigenvalue weighted by Gasteiger charge is -2.72. The minimum atomic E-state index is -0.828. The van der Waals surface area contributed by atoms with E-state index in [0.717, 1.165) is 44.1 Å². The Morgan fingerprint density at radius 1 is 1.29 bits per heavy atom. The summed E-state index contributed by atoms with van der Waals surface area (Å²) in [5, 5.41) is 11.9. The van der Waals surface area contributed by atoms with E-state index in [4.69, 9.17) is 9.15 Å². The first-order chi connectivity index (χ1) is 11.3. The van der Waals surface area contributed by atoms with Gasteiger partial charge >= 0.3 is 5.97 Å². The van der Waals surface area contributed by atoms with Crippen LogP contribution in [0.2, 0.25) is 0 Å². The number of ether oxygens (including phenoxy) is 1. The van der Waals surface area contributed by atoms with Gasteiger partial charge in [0.05, 0.1) is 18.1 Å². The second kappa shape index (κ2) is 4.87. The third-order valence-electron chi connectivity index (χ3n) is 7.93. The summed E-state index contributed by atoms with van der Waals surface area (Å²) < 4.78 is 11.1. The van der Waals surface area contributed by atoms with Crippen LogP contribution in [-0.4, -0.2) is 22.3 Å². The minimum Gasteiger partial charge on any atom is -0.472 e. The van der Waals surface area contributed by atoms with Crippen LogP contribution in [-0.2, 0) is 16.0 Å². The van der Waals surface area contributed by atoms with Crippen molar-refractivity contribution in [2.45, 2.75) is 76.9 Å². The highest BCUT2D eigenvalue weighted by Gasteiger charge is 2.79. The number of carbonyl (C=O) groups excluding carboxylic acids is 1. The van der Waals surface area contributed by atoms with E-state index in [-0.39, 0.29) is 17.3 Å². The fourth-order valence-electron chi connectivity index (χ4n) is 6.19. The van der Waals surface area contributed by atoms with E-state index in [0.29, 0.717) is 6.42 Å². The lowest BCUT2D eigenvalue weighted by Crippen LogP contribution is -2.81. The summed E-state index contributed by atoms with van der Waals surface area (Å²) in [5.41, 5.74) is -1.02. The molecule has 132 valence electrons. The Bertz CT molecular complexity index is 653. The first kappa shape index (κ1) is 16.2. The van der Waals surface area contributed by atoms with Gasteiger partial charge in [-0.15, -0.1) is 0 Å². The zero-order chi connectivity index (χ0) is 17.2. The second-order valence-corrected chi connectivity index (χ2v) is 8.73. The SMILES string of the molecule is CC1CCC23OC(=O)C2(C)CCCC3(C)C1(O)CCc1ccoc1. The number of esters is 1. The number of carbonyl (C=O) groups is 1. The smallest absolute Gasteiger partial charge is 0.316 e. The van der Waals surface area contributed by atoms with Crippen LogP contribution in [0, 0.1) is 16.7 Å². The lowest BCUT2D eigenvalue weighted by atomic mass is 9.39. The molecular weight excluding hydrogens is 304 g/mol. The summed E-state index contributed by atoms with van der Waals surface area (Å²) in [4.78, 5) is 12.3. The topological polar surface area (TPSA) is 59.7 Å². The quantitative estimate of drug-likeness (QED) is 0.854. The van der Waals surface area contributed by atoms with E-state index in [1.807, 2.05) is 6.07 Å². The van der Waals surface area contributed by atoms with Crippen molar-refractivity contribution >= 4 is 5.97 Å². The van der Waals surface area contributed by atoms with Gasteiger partial charge < -0.3 is 14.3 Å². The zero-order valence-electron chi connectivity index (χ0n) is 14.9. The number of aryl methyl sites for hydroxylation is 1. The molecule has 1 aromatic rings. The van der Waals surface area contributed by atoms with Crippen LogP contribution in [0.3, 0.4) is 0 Å². The van der Waals surface area contributed by atoms with Gasteiger partial charge in [0.15, 0.2) is 0 Å². The van der Waals surface area contributed by atoms with Gasteiger partial charge in [-0.3, -0.25) is 4.79 Å². The first-order valence-corrected chi connectivity index (χ1v) is 9.26. The number of rotatable bonds is 3. The summed E-state index contributed by atoms with van der Waals surface area (Å²) in [6.07, 6.45) is 9.45. The Balaban J connectivity index is 1.71. The Morgan fingerprint density at radius 3 is 2.75 bits per heavy atom. The van der Waals surface area contributed by atoms with Crippen molar-refractivity contribution in [2.75, 3.05) is 0 Å². The number of hydrogen-bond acceptors (Lipinski definition) is 4. The maximum absolute atomic E-state index is 12.3. The molecule has 4 heteroatoms. The molecule has 24 heavy (non-hydrogen) atoms. The summed E-state index contributed by atoms with van der Waals surface area (Å²) in [7, 11) is 0. The van der Waals surface area contributed by atoms with Gasteiger partial charge in [0.25, 0.3) is 0 Å². The lowest BCUT2D eigenvalue weighted by molar-refractivity contribution is -0.345. The van der Waals surface area contributed by atoms with Gasteiger partial charge in [0, 0.05) is 5.41 Å². The van der Waals surface area contributed by atoms with Crippen LogP contribution in [0.5, 0.6) is 0 Å². The van der Waals surface area contributed by atoms with Gasteiger partial charge in [-0.1, -0.05) is 20.3 Å². The number of furan rings is 1. The Kier molecular flexibility index (Phi) is 3.29. The summed E-state index contributed by atoms with van der Waals surface area (Å²) in [5.74, 6) is 0.127. The fraction of sp³-hybridized carbons (Fsp3) is 0.750. The van der Waals surface area contributed by atoms with E-state index >= 15 is 0 Å². The molecule has 4 rings (SSSR count). The van der Waals surface area contributed by atoms with Crippen molar-refractivity contribution in [3.63, 3.8) is 0 Å². The van der Waals surface area contributed by atoms with Crippen molar-refractivity contribution < 1.29 is 19.1 Å². The van der Waals surface area contributed by atoms with Crippen LogP contribution in [0.25, 0.3) is 0 Å². The molecule has 0 amide bonds. The van der Waals surface area contributed by atoms with Gasteiger partial charge in [0.1, 0.15) is 11.0 Å². The van der Waals surface area contributed by atoms with Crippen molar-refractivity contribution in [3.8, 4) is 0 Å².